The molecule has 0 aromatic carbocycles. The van der Waals surface area contributed by atoms with Gasteiger partial charge in [-0.05, 0) is 0 Å². The third-order valence-electron chi connectivity index (χ3n) is 1.01. The summed E-state index contributed by atoms with van der Waals surface area (Å²) in [4.78, 5) is 32.3. The Morgan fingerprint density at radius 2 is 0.929 bits per heavy atom. The van der Waals surface area contributed by atoms with E-state index in [1.807, 2.05) is 0 Å². The van der Waals surface area contributed by atoms with Crippen LogP contribution in [0.2, 0.25) is 0 Å². The monoisotopic (exact) mass is 263 g/mol. The lowest BCUT2D eigenvalue weighted by Gasteiger charge is -1.96. The molecular weight excluding hydrogens is 260 g/mol. The summed E-state index contributed by atoms with van der Waals surface area (Å²) in [5, 5.41) is 7.00. The molecule has 1 aromatic heterocycles. The number of nitrogens with zero attached hydrogens (tertiary/aromatic N) is 3. The van der Waals surface area contributed by atoms with Crippen molar-refractivity contribution in [2.24, 2.45) is 0 Å². The van der Waals surface area contributed by atoms with E-state index in [1.54, 1.807) is 0 Å². The molecule has 0 radical (unpaired) electrons. The van der Waals surface area contributed by atoms with E-state index >= 15 is 0 Å². The number of hydrogen-bond donors (Lipinski definition) is 1. The number of rotatable bonds is 0. The first-order valence-electron chi connectivity index (χ1n) is 2.91. The average Bonchev–Trinajstić information content (AvgIpc) is 2.24. The summed E-state index contributed by atoms with van der Waals surface area (Å²) in [6, 6.07) is 0. The predicted molar refractivity (Wildman–Crippen MR) is 51.1 cm³/mol. The number of aliphatic hydroxyl groups excluding tert-OH is 1. The molecule has 7 nitrogen and oxygen atoms in total. The summed E-state index contributed by atoms with van der Waals surface area (Å²) in [6.07, 6.45) is 0. The molecule has 0 spiro atoms. The lowest BCUT2D eigenvalue weighted by atomic mass is 11.0. The zero-order valence-electron chi connectivity index (χ0n) is 6.65. The first-order chi connectivity index (χ1) is 6.46. The fourth-order valence-electron chi connectivity index (χ4n) is 0.477. The molecule has 0 saturated heterocycles. The van der Waals surface area contributed by atoms with Gasteiger partial charge in [0.25, 0.3) is 0 Å². The fourth-order valence-corrected chi connectivity index (χ4v) is 1.05. The van der Waals surface area contributed by atoms with Crippen LogP contribution in [0.1, 0.15) is 0 Å². The molecule has 0 fully saturated rings. The maximum atomic E-state index is 10.8. The second kappa shape index (κ2) is 5.20. The Hall–Kier alpha value is -0.760. The molecule has 0 aliphatic carbocycles. The van der Waals surface area contributed by atoms with Crippen molar-refractivity contribution in [3.05, 3.63) is 31.5 Å². The van der Waals surface area contributed by atoms with Crippen LogP contribution in [0.25, 0.3) is 0 Å². The van der Waals surface area contributed by atoms with Crippen LogP contribution in [0.5, 0.6) is 0 Å². The Morgan fingerprint density at radius 1 is 0.786 bits per heavy atom. The third-order valence-corrected chi connectivity index (χ3v) is 1.88. The number of aromatic nitrogens is 3. The summed E-state index contributed by atoms with van der Waals surface area (Å²) in [5.74, 6) is 0. The van der Waals surface area contributed by atoms with Crippen LogP contribution in [0.3, 0.4) is 0 Å². The van der Waals surface area contributed by atoms with E-state index in [9.17, 15) is 14.4 Å². The minimum atomic E-state index is -1.16. The zero-order valence-corrected chi connectivity index (χ0v) is 8.92. The molecule has 0 unspecified atom stereocenters. The van der Waals surface area contributed by atoms with Crippen molar-refractivity contribution in [1.82, 2.24) is 12.3 Å². The molecule has 10 heteroatoms. The molecular formula is C4H4Cl3N3O4. The van der Waals surface area contributed by atoms with Gasteiger partial charge < -0.3 is 5.11 Å². The minimum Gasteiger partial charge on any atom is -0.400 e. The summed E-state index contributed by atoms with van der Waals surface area (Å²) in [5.41, 5.74) is -3.49. The molecule has 1 rings (SSSR count). The van der Waals surface area contributed by atoms with Gasteiger partial charge in [-0.15, -0.1) is 12.3 Å². The van der Waals surface area contributed by atoms with Crippen LogP contribution in [-0.2, 0) is 0 Å². The van der Waals surface area contributed by atoms with E-state index in [-0.39, 0.29) is 12.3 Å². The average molecular weight is 264 g/mol. The Labute approximate surface area is 91.6 Å². The van der Waals surface area contributed by atoms with Gasteiger partial charge in [0.05, 0.1) is 0 Å². The van der Waals surface area contributed by atoms with Gasteiger partial charge in [-0.2, -0.15) is 0 Å². The lowest BCUT2D eigenvalue weighted by molar-refractivity contribution is 0.399. The summed E-state index contributed by atoms with van der Waals surface area (Å²) < 4.78 is 0.254. The normalized spacial score (nSPS) is 9.21. The van der Waals surface area contributed by atoms with Crippen molar-refractivity contribution in [3.8, 4) is 0 Å². The maximum absolute atomic E-state index is 10.8. The van der Waals surface area contributed by atoms with E-state index in [4.69, 9.17) is 40.4 Å². The second-order valence-electron chi connectivity index (χ2n) is 1.69. The highest BCUT2D eigenvalue weighted by molar-refractivity contribution is 6.19. The summed E-state index contributed by atoms with van der Waals surface area (Å²) >= 11 is 15.3. The molecule has 1 aromatic rings. The van der Waals surface area contributed by atoms with Crippen LogP contribution in [0.4, 0.5) is 0 Å². The zero-order chi connectivity index (χ0) is 11.5. The first kappa shape index (κ1) is 13.2. The Kier molecular flexibility index (Phi) is 4.92. The first-order valence-corrected chi connectivity index (χ1v) is 3.92. The van der Waals surface area contributed by atoms with E-state index in [2.05, 4.69) is 0 Å². The number of hydrogen-bond acceptors (Lipinski definition) is 4. The Balaban J connectivity index is 0.000000791. The topological polar surface area (TPSA) is 86.2 Å². The van der Waals surface area contributed by atoms with Gasteiger partial charge in [-0.25, -0.2) is 14.4 Å². The molecule has 0 aliphatic rings. The highest BCUT2D eigenvalue weighted by Crippen LogP contribution is 1.78. The molecule has 0 amide bonds. The molecule has 1 heterocycles. The molecule has 14 heavy (non-hydrogen) atoms. The van der Waals surface area contributed by atoms with Crippen LogP contribution in [0, 0.1) is 0 Å². The van der Waals surface area contributed by atoms with Crippen LogP contribution in [0.15, 0.2) is 14.4 Å². The second-order valence-corrected chi connectivity index (χ2v) is 2.70. The summed E-state index contributed by atoms with van der Waals surface area (Å²) in [7, 11) is 1.00. The van der Waals surface area contributed by atoms with E-state index in [1.165, 1.54) is 0 Å². The quantitative estimate of drug-likeness (QED) is 0.637. The SMILES string of the molecule is CO.O=c1n(Cl)c(=O)n(Cl)c(=O)n1Cl. The summed E-state index contributed by atoms with van der Waals surface area (Å²) in [6.45, 7) is 0. The van der Waals surface area contributed by atoms with E-state index in [0.29, 0.717) is 0 Å². The molecule has 0 aliphatic heterocycles. The van der Waals surface area contributed by atoms with Crippen LogP contribution >= 0.6 is 35.3 Å². The van der Waals surface area contributed by atoms with Gasteiger partial charge in [0, 0.05) is 42.4 Å². The molecule has 0 bridgehead atoms. The van der Waals surface area contributed by atoms with E-state index < -0.39 is 17.1 Å². The van der Waals surface area contributed by atoms with E-state index in [0.717, 1.165) is 7.11 Å². The lowest BCUT2D eigenvalue weighted by Crippen LogP contribution is -2.47. The van der Waals surface area contributed by atoms with Gasteiger partial charge in [0.2, 0.25) is 0 Å². The van der Waals surface area contributed by atoms with Crippen molar-refractivity contribution in [1.29, 1.82) is 0 Å². The van der Waals surface area contributed by atoms with Crippen molar-refractivity contribution >= 4 is 35.3 Å². The standard InChI is InChI=1S/C3Cl3N3O3.CH4O/c4-7-1(10)8(5)3(12)9(6)2(7)11;1-2/h;2H,1H3. The van der Waals surface area contributed by atoms with Gasteiger partial charge in [0.15, 0.2) is 0 Å². The molecule has 0 atom stereocenters. The Bertz CT molecular complexity index is 384. The minimum absolute atomic E-state index is 0.0847. The predicted octanol–water partition coefficient (Wildman–Crippen LogP) is -1.21. The maximum Gasteiger partial charge on any atom is 0.366 e. The number of halogens is 3. The third kappa shape index (κ3) is 2.18. The van der Waals surface area contributed by atoms with Crippen molar-refractivity contribution in [2.45, 2.75) is 0 Å². The van der Waals surface area contributed by atoms with Gasteiger partial charge in [0.1, 0.15) is 0 Å². The molecule has 0 saturated carbocycles. The molecule has 80 valence electrons. The fraction of sp³-hybridized carbons (Fsp3) is 0.250. The van der Waals surface area contributed by atoms with Gasteiger partial charge in [-0.3, -0.25) is 0 Å². The van der Waals surface area contributed by atoms with Crippen LogP contribution in [-0.4, -0.2) is 24.5 Å². The highest BCUT2D eigenvalue weighted by atomic mass is 35.5. The van der Waals surface area contributed by atoms with Crippen molar-refractivity contribution in [3.63, 3.8) is 0 Å². The number of aliphatic hydroxyl groups is 1. The Morgan fingerprint density at radius 3 is 1.07 bits per heavy atom. The van der Waals surface area contributed by atoms with Gasteiger partial charge >= 0.3 is 17.1 Å². The smallest absolute Gasteiger partial charge is 0.366 e. The van der Waals surface area contributed by atoms with Gasteiger partial charge in [-0.1, -0.05) is 0 Å². The molecule has 1 N–H and O–H groups in total. The highest BCUT2D eigenvalue weighted by Gasteiger charge is 2.10. The van der Waals surface area contributed by atoms with Crippen LogP contribution < -0.4 is 17.1 Å². The van der Waals surface area contributed by atoms with Crippen molar-refractivity contribution < 1.29 is 5.11 Å². The van der Waals surface area contributed by atoms with Crippen molar-refractivity contribution in [2.75, 3.05) is 7.11 Å². The largest absolute Gasteiger partial charge is 0.400 e.